The largest absolute Gasteiger partial charge is 0.481 e. The molecule has 0 aliphatic heterocycles. The van der Waals surface area contributed by atoms with E-state index < -0.39 is 5.97 Å². The smallest absolute Gasteiger partial charge is 0.304 e. The highest BCUT2D eigenvalue weighted by Crippen LogP contribution is 2.29. The van der Waals surface area contributed by atoms with E-state index in [2.05, 4.69) is 11.8 Å². The summed E-state index contributed by atoms with van der Waals surface area (Å²) in [6, 6.07) is 4.78. The standard InChI is InChI=1S/C13H19NO3/c1-10(9-12-3-2-8-17-12)14(11-4-5-11)7-6-13(15)16/h2-3,8,10-11H,4-7,9H2,1H3,(H,15,16). The summed E-state index contributed by atoms with van der Waals surface area (Å²) in [7, 11) is 0. The average Bonchev–Trinajstić information content (AvgIpc) is 2.97. The summed E-state index contributed by atoms with van der Waals surface area (Å²) >= 11 is 0. The van der Waals surface area contributed by atoms with Gasteiger partial charge < -0.3 is 9.52 Å². The Morgan fingerprint density at radius 2 is 2.41 bits per heavy atom. The minimum Gasteiger partial charge on any atom is -0.481 e. The van der Waals surface area contributed by atoms with Gasteiger partial charge in [-0.15, -0.1) is 0 Å². The van der Waals surface area contributed by atoms with E-state index in [1.807, 2.05) is 12.1 Å². The summed E-state index contributed by atoms with van der Waals surface area (Å²) in [5.74, 6) is 0.249. The predicted molar refractivity (Wildman–Crippen MR) is 63.9 cm³/mol. The zero-order valence-corrected chi connectivity index (χ0v) is 10.1. The number of carbonyl (C=O) groups is 1. The first kappa shape index (κ1) is 12.2. The number of carboxylic acid groups (broad SMARTS) is 1. The molecule has 1 aliphatic carbocycles. The van der Waals surface area contributed by atoms with E-state index in [0.29, 0.717) is 18.6 Å². The number of aliphatic carboxylic acids is 1. The molecule has 17 heavy (non-hydrogen) atoms. The van der Waals surface area contributed by atoms with Gasteiger partial charge in [0.1, 0.15) is 5.76 Å². The zero-order valence-electron chi connectivity index (χ0n) is 10.1. The van der Waals surface area contributed by atoms with Gasteiger partial charge in [-0.2, -0.15) is 0 Å². The summed E-state index contributed by atoms with van der Waals surface area (Å²) in [5, 5.41) is 8.76. The van der Waals surface area contributed by atoms with E-state index in [9.17, 15) is 4.79 Å². The number of rotatable bonds is 7. The lowest BCUT2D eigenvalue weighted by molar-refractivity contribution is -0.137. The van der Waals surface area contributed by atoms with Crippen molar-refractivity contribution in [3.8, 4) is 0 Å². The van der Waals surface area contributed by atoms with E-state index in [1.165, 1.54) is 12.8 Å². The Balaban J connectivity index is 1.88. The van der Waals surface area contributed by atoms with Crippen molar-refractivity contribution in [2.45, 2.75) is 44.7 Å². The monoisotopic (exact) mass is 237 g/mol. The van der Waals surface area contributed by atoms with Crippen LogP contribution in [0.2, 0.25) is 0 Å². The molecule has 1 saturated carbocycles. The highest BCUT2D eigenvalue weighted by Gasteiger charge is 2.32. The van der Waals surface area contributed by atoms with Gasteiger partial charge in [-0.3, -0.25) is 9.69 Å². The molecule has 0 aromatic carbocycles. The molecule has 1 fully saturated rings. The summed E-state index contributed by atoms with van der Waals surface area (Å²) in [5.41, 5.74) is 0. The predicted octanol–water partition coefficient (Wildman–Crippen LogP) is 2.15. The molecule has 94 valence electrons. The van der Waals surface area contributed by atoms with Crippen LogP contribution in [0.5, 0.6) is 0 Å². The third-order valence-electron chi connectivity index (χ3n) is 3.24. The molecular weight excluding hydrogens is 218 g/mol. The maximum absolute atomic E-state index is 10.6. The topological polar surface area (TPSA) is 53.7 Å². The fraction of sp³-hybridized carbons (Fsp3) is 0.615. The van der Waals surface area contributed by atoms with Gasteiger partial charge >= 0.3 is 5.97 Å². The van der Waals surface area contributed by atoms with E-state index in [-0.39, 0.29) is 6.42 Å². The molecule has 0 amide bonds. The van der Waals surface area contributed by atoms with Crippen molar-refractivity contribution in [2.24, 2.45) is 0 Å². The fourth-order valence-electron chi connectivity index (χ4n) is 2.23. The van der Waals surface area contributed by atoms with Crippen LogP contribution in [0.1, 0.15) is 31.9 Å². The van der Waals surface area contributed by atoms with Crippen LogP contribution in [-0.4, -0.2) is 34.6 Å². The minimum atomic E-state index is -0.721. The molecule has 4 nitrogen and oxygen atoms in total. The molecule has 1 atom stereocenters. The van der Waals surface area contributed by atoms with Gasteiger partial charge in [0.25, 0.3) is 0 Å². The molecule has 0 saturated heterocycles. The third-order valence-corrected chi connectivity index (χ3v) is 3.24. The Morgan fingerprint density at radius 1 is 1.65 bits per heavy atom. The molecule has 0 radical (unpaired) electrons. The molecule has 1 heterocycles. The highest BCUT2D eigenvalue weighted by molar-refractivity contribution is 5.66. The molecule has 0 bridgehead atoms. The quantitative estimate of drug-likeness (QED) is 0.789. The van der Waals surface area contributed by atoms with Crippen LogP contribution in [0.3, 0.4) is 0 Å². The molecule has 0 spiro atoms. The maximum atomic E-state index is 10.6. The van der Waals surface area contributed by atoms with E-state index >= 15 is 0 Å². The van der Waals surface area contributed by atoms with Gasteiger partial charge in [0.2, 0.25) is 0 Å². The Kier molecular flexibility index (Phi) is 3.84. The second kappa shape index (κ2) is 5.36. The maximum Gasteiger partial charge on any atom is 0.304 e. The second-order valence-electron chi connectivity index (χ2n) is 4.75. The fourth-order valence-corrected chi connectivity index (χ4v) is 2.23. The molecular formula is C13H19NO3. The average molecular weight is 237 g/mol. The lowest BCUT2D eigenvalue weighted by atomic mass is 10.1. The molecule has 1 aromatic heterocycles. The Morgan fingerprint density at radius 3 is 2.94 bits per heavy atom. The van der Waals surface area contributed by atoms with Crippen LogP contribution < -0.4 is 0 Å². The third kappa shape index (κ3) is 3.60. The Labute approximate surface area is 101 Å². The van der Waals surface area contributed by atoms with Crippen LogP contribution >= 0.6 is 0 Å². The van der Waals surface area contributed by atoms with Crippen molar-refractivity contribution in [3.05, 3.63) is 24.2 Å². The first-order valence-corrected chi connectivity index (χ1v) is 6.16. The summed E-state index contributed by atoms with van der Waals surface area (Å²) in [6.45, 7) is 2.78. The van der Waals surface area contributed by atoms with Crippen molar-refractivity contribution in [1.82, 2.24) is 4.90 Å². The number of nitrogens with zero attached hydrogens (tertiary/aromatic N) is 1. The number of hydrogen-bond acceptors (Lipinski definition) is 3. The minimum absolute atomic E-state index is 0.221. The summed E-state index contributed by atoms with van der Waals surface area (Å²) < 4.78 is 5.34. The number of carboxylic acids is 1. The van der Waals surface area contributed by atoms with E-state index in [4.69, 9.17) is 9.52 Å². The zero-order chi connectivity index (χ0) is 12.3. The second-order valence-corrected chi connectivity index (χ2v) is 4.75. The van der Waals surface area contributed by atoms with Crippen molar-refractivity contribution >= 4 is 5.97 Å². The van der Waals surface area contributed by atoms with Crippen molar-refractivity contribution < 1.29 is 14.3 Å². The summed E-state index contributed by atoms with van der Waals surface area (Å²) in [4.78, 5) is 12.9. The number of hydrogen-bond donors (Lipinski definition) is 1. The first-order chi connectivity index (χ1) is 8.16. The number of furan rings is 1. The van der Waals surface area contributed by atoms with E-state index in [1.54, 1.807) is 6.26 Å². The SMILES string of the molecule is CC(Cc1ccco1)N(CCC(=O)O)C1CC1. The lowest BCUT2D eigenvalue weighted by Crippen LogP contribution is -2.38. The highest BCUT2D eigenvalue weighted by atomic mass is 16.4. The molecule has 2 rings (SSSR count). The summed E-state index contributed by atoms with van der Waals surface area (Å²) in [6.07, 6.45) is 5.15. The van der Waals surface area contributed by atoms with Crippen LogP contribution in [0.15, 0.2) is 22.8 Å². The first-order valence-electron chi connectivity index (χ1n) is 6.16. The Bertz CT molecular complexity index is 357. The van der Waals surface area contributed by atoms with Gasteiger partial charge in [0.15, 0.2) is 0 Å². The van der Waals surface area contributed by atoms with Crippen LogP contribution in [0.4, 0.5) is 0 Å². The van der Waals surface area contributed by atoms with Crippen molar-refractivity contribution in [2.75, 3.05) is 6.54 Å². The van der Waals surface area contributed by atoms with E-state index in [0.717, 1.165) is 12.2 Å². The molecule has 4 heteroatoms. The van der Waals surface area contributed by atoms with Gasteiger partial charge in [-0.05, 0) is 31.9 Å². The van der Waals surface area contributed by atoms with Gasteiger partial charge in [0.05, 0.1) is 12.7 Å². The normalized spacial score (nSPS) is 17.3. The van der Waals surface area contributed by atoms with Crippen molar-refractivity contribution in [1.29, 1.82) is 0 Å². The van der Waals surface area contributed by atoms with Gasteiger partial charge in [-0.25, -0.2) is 0 Å². The van der Waals surface area contributed by atoms with Gasteiger partial charge in [0, 0.05) is 25.0 Å². The molecule has 1 N–H and O–H groups in total. The molecule has 1 aliphatic rings. The van der Waals surface area contributed by atoms with Crippen LogP contribution in [0.25, 0.3) is 0 Å². The van der Waals surface area contributed by atoms with Crippen LogP contribution in [0, 0.1) is 0 Å². The van der Waals surface area contributed by atoms with Crippen LogP contribution in [-0.2, 0) is 11.2 Å². The van der Waals surface area contributed by atoms with Crippen molar-refractivity contribution in [3.63, 3.8) is 0 Å². The molecule has 1 aromatic rings. The van der Waals surface area contributed by atoms with Gasteiger partial charge in [-0.1, -0.05) is 0 Å². The Hall–Kier alpha value is -1.29. The molecule has 1 unspecified atom stereocenters. The lowest BCUT2D eigenvalue weighted by Gasteiger charge is -2.28.